The molecule has 0 aromatic rings. The number of aliphatic hydroxyl groups excluding tert-OH is 1. The Labute approximate surface area is 369 Å². The summed E-state index contributed by atoms with van der Waals surface area (Å²) in [5.74, 6) is -0.322. The fraction of sp³-hybridized carbons (Fsp3) is 0.667. The molecule has 0 aliphatic rings. The van der Waals surface area contributed by atoms with E-state index in [0.29, 0.717) is 17.4 Å². The number of rotatable bonds is 41. The lowest BCUT2D eigenvalue weighted by Crippen LogP contribution is -2.45. The van der Waals surface area contributed by atoms with Gasteiger partial charge >= 0.3 is 7.82 Å². The van der Waals surface area contributed by atoms with Crippen molar-refractivity contribution in [1.82, 2.24) is 5.32 Å². The number of hydrogen-bond acceptors (Lipinski definition) is 5. The quantitative estimate of drug-likeness (QED) is 0.0245. The molecule has 3 N–H and O–H groups in total. The van der Waals surface area contributed by atoms with Crippen molar-refractivity contribution in [1.29, 1.82) is 0 Å². The Morgan fingerprint density at radius 1 is 0.583 bits per heavy atom. The predicted molar refractivity (Wildman–Crippen MR) is 258 cm³/mol. The summed E-state index contributed by atoms with van der Waals surface area (Å²) in [7, 11) is 1.47. The summed E-state index contributed by atoms with van der Waals surface area (Å²) < 4.78 is 23.5. The highest BCUT2D eigenvalue weighted by Crippen LogP contribution is 2.43. The number of allylic oxidation sites excluding steroid dienone is 14. The highest BCUT2D eigenvalue weighted by atomic mass is 31.2. The van der Waals surface area contributed by atoms with Crippen LogP contribution in [0.15, 0.2) is 97.2 Å². The second-order valence-electron chi connectivity index (χ2n) is 16.7. The topological polar surface area (TPSA) is 105 Å². The van der Waals surface area contributed by atoms with E-state index in [1.165, 1.54) is 89.9 Å². The van der Waals surface area contributed by atoms with Crippen molar-refractivity contribution in [2.24, 2.45) is 0 Å². The van der Waals surface area contributed by atoms with E-state index in [9.17, 15) is 19.4 Å². The first-order valence-corrected chi connectivity index (χ1v) is 25.1. The Hall–Kier alpha value is -2.58. The summed E-state index contributed by atoms with van der Waals surface area (Å²) in [6.07, 6.45) is 59.6. The SMILES string of the molecule is CC/C=C\C/C=C\C/C=C\C/C=C\C/C=C\CC(=O)NC(COP(=O)(O)OCC[N+](C)(C)C)C(O)/C=C/CC/C=C/CC/C=C/CCCCCCCCCCCCCCC. The van der Waals surface area contributed by atoms with Crippen LogP contribution < -0.4 is 5.32 Å². The average Bonchev–Trinajstić information content (AvgIpc) is 3.20. The number of hydrogen-bond donors (Lipinski definition) is 3. The third kappa shape index (κ3) is 43.5. The van der Waals surface area contributed by atoms with Gasteiger partial charge in [-0.05, 0) is 70.6 Å². The van der Waals surface area contributed by atoms with E-state index in [0.717, 1.165) is 51.4 Å². The number of phosphoric acid groups is 1. The molecule has 0 saturated heterocycles. The minimum Gasteiger partial charge on any atom is -0.387 e. The van der Waals surface area contributed by atoms with E-state index in [-0.39, 0.29) is 25.5 Å². The van der Waals surface area contributed by atoms with E-state index in [4.69, 9.17) is 9.05 Å². The van der Waals surface area contributed by atoms with E-state index in [1.54, 1.807) is 12.2 Å². The van der Waals surface area contributed by atoms with Gasteiger partial charge in [-0.1, -0.05) is 188 Å². The molecule has 0 aliphatic carbocycles. The number of nitrogens with one attached hydrogen (secondary N) is 1. The highest BCUT2D eigenvalue weighted by Gasteiger charge is 2.27. The van der Waals surface area contributed by atoms with Crippen LogP contribution in [0.3, 0.4) is 0 Å². The molecule has 1 amide bonds. The average molecular weight is 858 g/mol. The number of nitrogens with zero attached hydrogens (tertiary/aromatic N) is 1. The second-order valence-corrected chi connectivity index (χ2v) is 18.2. The van der Waals surface area contributed by atoms with Gasteiger partial charge in [0.25, 0.3) is 0 Å². The second kappa shape index (κ2) is 41.8. The van der Waals surface area contributed by atoms with Gasteiger partial charge in [-0.2, -0.15) is 0 Å². The molecule has 8 nitrogen and oxygen atoms in total. The van der Waals surface area contributed by atoms with Gasteiger partial charge in [0.05, 0.1) is 39.9 Å². The number of phosphoric ester groups is 1. The van der Waals surface area contributed by atoms with Gasteiger partial charge in [-0.25, -0.2) is 4.57 Å². The van der Waals surface area contributed by atoms with Gasteiger partial charge in [-0.3, -0.25) is 13.8 Å². The Balaban J connectivity index is 4.56. The van der Waals surface area contributed by atoms with Gasteiger partial charge in [0.2, 0.25) is 5.91 Å². The molecule has 3 unspecified atom stereocenters. The van der Waals surface area contributed by atoms with Crippen molar-refractivity contribution < 1.29 is 32.9 Å². The number of carbonyl (C=O) groups excluding carboxylic acids is 1. The number of carbonyl (C=O) groups is 1. The smallest absolute Gasteiger partial charge is 0.387 e. The van der Waals surface area contributed by atoms with Crippen molar-refractivity contribution in [3.63, 3.8) is 0 Å². The van der Waals surface area contributed by atoms with Crippen LogP contribution in [0.4, 0.5) is 0 Å². The predicted octanol–water partition coefficient (Wildman–Crippen LogP) is 13.5. The summed E-state index contributed by atoms with van der Waals surface area (Å²) in [6, 6.07) is -0.930. The van der Waals surface area contributed by atoms with Gasteiger partial charge in [-0.15, -0.1) is 0 Å². The minimum atomic E-state index is -4.38. The molecule has 3 atom stereocenters. The molecule has 0 aromatic carbocycles. The lowest BCUT2D eigenvalue weighted by atomic mass is 10.0. The summed E-state index contributed by atoms with van der Waals surface area (Å²) >= 11 is 0. The molecule has 344 valence electrons. The van der Waals surface area contributed by atoms with Crippen LogP contribution in [-0.4, -0.2) is 73.4 Å². The summed E-state index contributed by atoms with van der Waals surface area (Å²) in [5.41, 5.74) is 0. The first-order chi connectivity index (χ1) is 29.0. The molecule has 9 heteroatoms. The maximum absolute atomic E-state index is 12.8. The number of amides is 1. The van der Waals surface area contributed by atoms with Crippen LogP contribution in [0.1, 0.15) is 168 Å². The summed E-state index contributed by atoms with van der Waals surface area (Å²) in [4.78, 5) is 23.1. The first-order valence-electron chi connectivity index (χ1n) is 23.6. The summed E-state index contributed by atoms with van der Waals surface area (Å²) in [5, 5.41) is 13.7. The molecule has 0 radical (unpaired) electrons. The Morgan fingerprint density at radius 2 is 1.02 bits per heavy atom. The maximum atomic E-state index is 12.8. The zero-order valence-corrected chi connectivity index (χ0v) is 39.8. The molecule has 0 heterocycles. The van der Waals surface area contributed by atoms with Gasteiger partial charge in [0.15, 0.2) is 0 Å². The summed E-state index contributed by atoms with van der Waals surface area (Å²) in [6.45, 7) is 4.57. The van der Waals surface area contributed by atoms with Crippen LogP contribution in [0.5, 0.6) is 0 Å². The molecule has 0 rings (SSSR count). The Morgan fingerprint density at radius 3 is 1.50 bits per heavy atom. The van der Waals surface area contributed by atoms with E-state index < -0.39 is 20.0 Å². The van der Waals surface area contributed by atoms with Gasteiger partial charge in [0.1, 0.15) is 13.2 Å². The fourth-order valence-corrected chi connectivity index (χ4v) is 6.82. The number of quaternary nitrogens is 1. The molecule has 0 bridgehead atoms. The molecule has 0 aliphatic heterocycles. The largest absolute Gasteiger partial charge is 0.472 e. The van der Waals surface area contributed by atoms with Gasteiger partial charge < -0.3 is 19.8 Å². The third-order valence-corrected chi connectivity index (χ3v) is 10.8. The number of aliphatic hydroxyl groups is 1. The zero-order chi connectivity index (χ0) is 44.3. The normalized spacial score (nSPS) is 15.1. The molecule has 0 fully saturated rings. The maximum Gasteiger partial charge on any atom is 0.472 e. The minimum absolute atomic E-state index is 0.0319. The lowest BCUT2D eigenvalue weighted by Gasteiger charge is -2.25. The number of unbranched alkanes of at least 4 members (excludes halogenated alkanes) is 15. The van der Waals surface area contributed by atoms with E-state index in [2.05, 4.69) is 92.1 Å². The van der Waals surface area contributed by atoms with Crippen LogP contribution in [0.25, 0.3) is 0 Å². The fourth-order valence-electron chi connectivity index (χ4n) is 6.08. The molecular formula is C51H90N2O6P+. The highest BCUT2D eigenvalue weighted by molar-refractivity contribution is 7.47. The van der Waals surface area contributed by atoms with Crippen LogP contribution in [0, 0.1) is 0 Å². The van der Waals surface area contributed by atoms with E-state index >= 15 is 0 Å². The standard InChI is InChI=1S/C51H89N2O6P/c1-6-8-10-12-14-16-18-20-22-23-24-25-26-27-28-29-31-32-34-36-38-40-42-44-50(54)49(48-59-60(56,57)58-47-46-53(3,4)5)52-51(55)45-43-41-39-37-35-33-30-21-19-17-15-13-11-9-7-2/h9,11,15,17,21,28-30,34-37,41-44,49-50,54H,6-8,10,12-14,16,18-20,22-27,31-33,38-40,45-48H2,1-5H3,(H-,52,55,56,57)/p+1/b11-9-,17-15-,29-28+,30-21-,36-34+,37-35-,43-41-,44-42+. The van der Waals surface area contributed by atoms with Crippen LogP contribution in [-0.2, 0) is 18.4 Å². The number of likely N-dealkylation sites (N-methyl/N-ethyl adjacent to an activating group) is 1. The van der Waals surface area contributed by atoms with Crippen molar-refractivity contribution in [2.75, 3.05) is 40.9 Å². The molecule has 60 heavy (non-hydrogen) atoms. The lowest BCUT2D eigenvalue weighted by molar-refractivity contribution is -0.870. The van der Waals surface area contributed by atoms with Crippen molar-refractivity contribution in [3.8, 4) is 0 Å². The zero-order valence-electron chi connectivity index (χ0n) is 38.9. The van der Waals surface area contributed by atoms with Crippen LogP contribution in [0.2, 0.25) is 0 Å². The molecular weight excluding hydrogens is 768 g/mol. The molecule has 0 aromatic heterocycles. The molecule has 0 saturated carbocycles. The van der Waals surface area contributed by atoms with Gasteiger partial charge in [0, 0.05) is 6.42 Å². The first kappa shape index (κ1) is 57.4. The monoisotopic (exact) mass is 858 g/mol. The van der Waals surface area contributed by atoms with Crippen molar-refractivity contribution >= 4 is 13.7 Å². The molecule has 0 spiro atoms. The van der Waals surface area contributed by atoms with Crippen molar-refractivity contribution in [3.05, 3.63) is 97.2 Å². The van der Waals surface area contributed by atoms with Crippen molar-refractivity contribution in [2.45, 2.75) is 180 Å². The third-order valence-electron chi connectivity index (χ3n) is 9.79. The Kier molecular flexibility index (Phi) is 40.0. The van der Waals surface area contributed by atoms with E-state index in [1.807, 2.05) is 33.3 Å². The Bertz CT molecular complexity index is 1290. The van der Waals surface area contributed by atoms with Crippen LogP contribution >= 0.6 is 7.82 Å².